The van der Waals surface area contributed by atoms with Gasteiger partial charge in [-0.05, 0) is 19.9 Å². The summed E-state index contributed by atoms with van der Waals surface area (Å²) in [7, 11) is 0. The van der Waals surface area contributed by atoms with Crippen molar-refractivity contribution in [1.29, 1.82) is 0 Å². The second-order valence-corrected chi connectivity index (χ2v) is 3.61. The molecule has 0 saturated carbocycles. The number of rotatable bonds is 5. The molecule has 0 bridgehead atoms. The van der Waals surface area contributed by atoms with Crippen molar-refractivity contribution in [2.24, 2.45) is 0 Å². The van der Waals surface area contributed by atoms with E-state index < -0.39 is 0 Å². The van der Waals surface area contributed by atoms with Gasteiger partial charge in [0.05, 0.1) is 23.4 Å². The van der Waals surface area contributed by atoms with E-state index in [4.69, 9.17) is 16.3 Å². The van der Waals surface area contributed by atoms with Crippen molar-refractivity contribution in [3.8, 4) is 0 Å². The maximum Gasteiger partial charge on any atom is 0.0820 e. The molecule has 0 atom stereocenters. The Kier molecular flexibility index (Phi) is 4.70. The lowest BCUT2D eigenvalue weighted by Crippen LogP contribution is -2.13. The van der Waals surface area contributed by atoms with Crippen LogP contribution in [0.4, 0.5) is 5.69 Å². The highest BCUT2D eigenvalue weighted by Gasteiger charge is 1.98. The van der Waals surface area contributed by atoms with E-state index in [9.17, 15) is 0 Å². The highest BCUT2D eigenvalue weighted by Crippen LogP contribution is 2.18. The monoisotopic (exact) mass is 214 g/mol. The first-order valence-electron chi connectivity index (χ1n) is 4.65. The number of pyridine rings is 1. The molecule has 1 aromatic rings. The summed E-state index contributed by atoms with van der Waals surface area (Å²) < 4.78 is 5.38. The minimum atomic E-state index is 0.268. The molecule has 1 N–H and O–H groups in total. The Bertz CT molecular complexity index is 279. The molecular formula is C10H15ClN2O. The minimum absolute atomic E-state index is 0.268. The van der Waals surface area contributed by atoms with Crippen LogP contribution in [0.3, 0.4) is 0 Å². The molecule has 3 nitrogen and oxygen atoms in total. The van der Waals surface area contributed by atoms with Gasteiger partial charge in [-0.1, -0.05) is 11.6 Å². The number of nitrogens with one attached hydrogen (secondary N) is 1. The lowest BCUT2D eigenvalue weighted by atomic mass is 10.4. The van der Waals surface area contributed by atoms with Gasteiger partial charge in [-0.25, -0.2) is 0 Å². The molecule has 0 aromatic carbocycles. The van der Waals surface area contributed by atoms with Crippen LogP contribution in [0.15, 0.2) is 18.5 Å². The summed E-state index contributed by atoms with van der Waals surface area (Å²) in [5.41, 5.74) is 0.897. The number of nitrogens with zero attached hydrogens (tertiary/aromatic N) is 1. The van der Waals surface area contributed by atoms with Crippen LogP contribution in [0.2, 0.25) is 5.02 Å². The molecule has 1 rings (SSSR count). The average Bonchev–Trinajstić information content (AvgIpc) is 2.15. The SMILES string of the molecule is CC(C)OCCNc1ccncc1Cl. The van der Waals surface area contributed by atoms with Crippen molar-refractivity contribution in [2.75, 3.05) is 18.5 Å². The molecule has 0 aliphatic carbocycles. The topological polar surface area (TPSA) is 34.1 Å². The number of anilines is 1. The van der Waals surface area contributed by atoms with Crippen molar-refractivity contribution < 1.29 is 4.74 Å². The van der Waals surface area contributed by atoms with Gasteiger partial charge in [-0.2, -0.15) is 0 Å². The fourth-order valence-corrected chi connectivity index (χ4v) is 1.19. The fourth-order valence-electron chi connectivity index (χ4n) is 0.999. The Morgan fingerprint density at radius 3 is 3.00 bits per heavy atom. The molecular weight excluding hydrogens is 200 g/mol. The van der Waals surface area contributed by atoms with Gasteiger partial charge >= 0.3 is 0 Å². The minimum Gasteiger partial charge on any atom is -0.381 e. The smallest absolute Gasteiger partial charge is 0.0820 e. The third-order valence-electron chi connectivity index (χ3n) is 1.64. The van der Waals surface area contributed by atoms with Gasteiger partial charge in [0.15, 0.2) is 0 Å². The highest BCUT2D eigenvalue weighted by atomic mass is 35.5. The van der Waals surface area contributed by atoms with Gasteiger partial charge in [0.25, 0.3) is 0 Å². The maximum atomic E-state index is 5.90. The summed E-state index contributed by atoms with van der Waals surface area (Å²) in [6, 6.07) is 1.84. The van der Waals surface area contributed by atoms with Gasteiger partial charge in [0.1, 0.15) is 0 Å². The number of ether oxygens (including phenoxy) is 1. The zero-order chi connectivity index (χ0) is 10.4. The van der Waals surface area contributed by atoms with E-state index >= 15 is 0 Å². The molecule has 14 heavy (non-hydrogen) atoms. The van der Waals surface area contributed by atoms with Gasteiger partial charge in [0, 0.05) is 18.9 Å². The summed E-state index contributed by atoms with van der Waals surface area (Å²) in [5.74, 6) is 0. The van der Waals surface area contributed by atoms with E-state index in [2.05, 4.69) is 10.3 Å². The van der Waals surface area contributed by atoms with E-state index in [-0.39, 0.29) is 6.10 Å². The van der Waals surface area contributed by atoms with Crippen LogP contribution >= 0.6 is 11.6 Å². The van der Waals surface area contributed by atoms with E-state index in [0.29, 0.717) is 11.6 Å². The van der Waals surface area contributed by atoms with Crippen molar-refractivity contribution in [3.63, 3.8) is 0 Å². The Labute approximate surface area is 89.4 Å². The summed E-state index contributed by atoms with van der Waals surface area (Å²) in [6.07, 6.45) is 3.59. The molecule has 0 unspecified atom stereocenters. The molecule has 78 valence electrons. The molecule has 0 radical (unpaired) electrons. The van der Waals surface area contributed by atoms with E-state index in [1.165, 1.54) is 0 Å². The number of aromatic nitrogens is 1. The third kappa shape index (κ3) is 3.94. The van der Waals surface area contributed by atoms with Crippen molar-refractivity contribution in [3.05, 3.63) is 23.5 Å². The molecule has 4 heteroatoms. The summed E-state index contributed by atoms with van der Waals surface area (Å²) in [6.45, 7) is 5.46. The molecule has 0 aliphatic heterocycles. The fraction of sp³-hybridized carbons (Fsp3) is 0.500. The Morgan fingerprint density at radius 1 is 1.57 bits per heavy atom. The normalized spacial score (nSPS) is 10.6. The molecule has 0 aliphatic rings. The number of hydrogen-bond donors (Lipinski definition) is 1. The van der Waals surface area contributed by atoms with Crippen LogP contribution in [0.25, 0.3) is 0 Å². The maximum absolute atomic E-state index is 5.90. The molecule has 0 fully saturated rings. The van der Waals surface area contributed by atoms with Crippen LogP contribution in [0.5, 0.6) is 0 Å². The van der Waals surface area contributed by atoms with Crippen LogP contribution in [0, 0.1) is 0 Å². The van der Waals surface area contributed by atoms with Crippen molar-refractivity contribution >= 4 is 17.3 Å². The number of halogens is 1. The number of hydrogen-bond acceptors (Lipinski definition) is 3. The van der Waals surface area contributed by atoms with E-state index in [1.807, 2.05) is 19.9 Å². The largest absolute Gasteiger partial charge is 0.381 e. The van der Waals surface area contributed by atoms with Gasteiger partial charge in [-0.15, -0.1) is 0 Å². The highest BCUT2D eigenvalue weighted by molar-refractivity contribution is 6.33. The van der Waals surface area contributed by atoms with Gasteiger partial charge in [0.2, 0.25) is 0 Å². The molecule has 0 saturated heterocycles. The lowest BCUT2D eigenvalue weighted by Gasteiger charge is -2.10. The summed E-state index contributed by atoms with van der Waals surface area (Å²) in [5, 5.41) is 3.81. The average molecular weight is 215 g/mol. The van der Waals surface area contributed by atoms with E-state index in [0.717, 1.165) is 12.2 Å². The first-order valence-corrected chi connectivity index (χ1v) is 5.03. The van der Waals surface area contributed by atoms with Crippen molar-refractivity contribution in [1.82, 2.24) is 4.98 Å². The lowest BCUT2D eigenvalue weighted by molar-refractivity contribution is 0.0870. The second-order valence-electron chi connectivity index (χ2n) is 3.20. The molecule has 0 spiro atoms. The first-order chi connectivity index (χ1) is 6.70. The molecule has 0 amide bonds. The zero-order valence-electron chi connectivity index (χ0n) is 8.46. The predicted octanol–water partition coefficient (Wildman–Crippen LogP) is 2.57. The predicted molar refractivity (Wildman–Crippen MR) is 58.8 cm³/mol. The molecule has 1 aromatic heterocycles. The first kappa shape index (κ1) is 11.3. The van der Waals surface area contributed by atoms with Gasteiger partial charge in [-0.3, -0.25) is 4.98 Å². The van der Waals surface area contributed by atoms with Crippen LogP contribution in [-0.2, 0) is 4.74 Å². The Hall–Kier alpha value is -0.800. The van der Waals surface area contributed by atoms with Gasteiger partial charge < -0.3 is 10.1 Å². The van der Waals surface area contributed by atoms with Crippen LogP contribution < -0.4 is 5.32 Å². The summed E-state index contributed by atoms with van der Waals surface area (Å²) in [4.78, 5) is 3.90. The third-order valence-corrected chi connectivity index (χ3v) is 1.94. The zero-order valence-corrected chi connectivity index (χ0v) is 9.21. The standard InChI is InChI=1S/C10H15ClN2O/c1-8(2)14-6-5-13-10-3-4-12-7-9(10)11/h3-4,7-8H,5-6H2,1-2H3,(H,12,13). The van der Waals surface area contributed by atoms with E-state index in [1.54, 1.807) is 12.4 Å². The molecule has 1 heterocycles. The van der Waals surface area contributed by atoms with Crippen molar-refractivity contribution in [2.45, 2.75) is 20.0 Å². The Morgan fingerprint density at radius 2 is 2.36 bits per heavy atom. The summed E-state index contributed by atoms with van der Waals surface area (Å²) >= 11 is 5.90. The Balaban J connectivity index is 2.28. The van der Waals surface area contributed by atoms with Crippen LogP contribution in [-0.4, -0.2) is 24.2 Å². The quantitative estimate of drug-likeness (QED) is 0.765. The second kappa shape index (κ2) is 5.83. The van der Waals surface area contributed by atoms with Crippen LogP contribution in [0.1, 0.15) is 13.8 Å².